The Hall–Kier alpha value is -0.960. The Labute approximate surface area is 91.3 Å². The van der Waals surface area contributed by atoms with Crippen LogP contribution in [0.15, 0.2) is 12.3 Å². The third kappa shape index (κ3) is 3.59. The molecule has 3 nitrogen and oxygen atoms in total. The molecule has 1 heterocycles. The van der Waals surface area contributed by atoms with Gasteiger partial charge < -0.3 is 5.32 Å². The Morgan fingerprint density at radius 3 is 3.07 bits per heavy atom. The van der Waals surface area contributed by atoms with E-state index in [0.29, 0.717) is 0 Å². The van der Waals surface area contributed by atoms with Gasteiger partial charge in [-0.15, -0.1) is 0 Å². The number of nitrogens with one attached hydrogen (secondary N) is 1. The van der Waals surface area contributed by atoms with Crippen LogP contribution in [0, 0.1) is 5.92 Å². The van der Waals surface area contributed by atoms with Gasteiger partial charge in [0.15, 0.2) is 0 Å². The van der Waals surface area contributed by atoms with Gasteiger partial charge >= 0.3 is 0 Å². The molecule has 0 amide bonds. The topological polar surface area (TPSA) is 37.8 Å². The Morgan fingerprint density at radius 1 is 1.47 bits per heavy atom. The SMILES string of the molecule is CCCNCc1ccnc(CC2CC2)n1. The molecule has 0 aromatic carbocycles. The normalized spacial score (nSPS) is 15.5. The summed E-state index contributed by atoms with van der Waals surface area (Å²) >= 11 is 0. The molecule has 82 valence electrons. The second kappa shape index (κ2) is 5.21. The van der Waals surface area contributed by atoms with Crippen LogP contribution in [0.4, 0.5) is 0 Å². The van der Waals surface area contributed by atoms with Crippen molar-refractivity contribution in [3.05, 3.63) is 23.8 Å². The summed E-state index contributed by atoms with van der Waals surface area (Å²) in [6, 6.07) is 2.00. The van der Waals surface area contributed by atoms with E-state index in [9.17, 15) is 0 Å². The van der Waals surface area contributed by atoms with E-state index in [-0.39, 0.29) is 0 Å². The summed E-state index contributed by atoms with van der Waals surface area (Å²) in [4.78, 5) is 8.86. The minimum atomic E-state index is 0.865. The highest BCUT2D eigenvalue weighted by Gasteiger charge is 2.22. The van der Waals surface area contributed by atoms with Gasteiger partial charge in [0.05, 0.1) is 5.69 Å². The molecular formula is C12H19N3. The van der Waals surface area contributed by atoms with E-state index in [0.717, 1.165) is 36.9 Å². The van der Waals surface area contributed by atoms with Crippen LogP contribution in [0.2, 0.25) is 0 Å². The van der Waals surface area contributed by atoms with E-state index in [1.54, 1.807) is 0 Å². The Kier molecular flexibility index (Phi) is 3.67. The summed E-state index contributed by atoms with van der Waals surface area (Å²) in [5.41, 5.74) is 1.12. The molecule has 0 unspecified atom stereocenters. The van der Waals surface area contributed by atoms with Crippen LogP contribution in [0.25, 0.3) is 0 Å². The molecule has 0 spiro atoms. The second-order valence-corrected chi connectivity index (χ2v) is 4.29. The van der Waals surface area contributed by atoms with Gasteiger partial charge in [-0.25, -0.2) is 9.97 Å². The fourth-order valence-corrected chi connectivity index (χ4v) is 1.61. The largest absolute Gasteiger partial charge is 0.311 e. The van der Waals surface area contributed by atoms with Crippen molar-refractivity contribution in [2.45, 2.75) is 39.2 Å². The fraction of sp³-hybridized carbons (Fsp3) is 0.667. The van der Waals surface area contributed by atoms with Crippen molar-refractivity contribution in [3.8, 4) is 0 Å². The lowest BCUT2D eigenvalue weighted by molar-refractivity contribution is 0.654. The molecule has 2 rings (SSSR count). The first-order valence-electron chi connectivity index (χ1n) is 5.90. The minimum Gasteiger partial charge on any atom is -0.311 e. The van der Waals surface area contributed by atoms with Gasteiger partial charge in [0, 0.05) is 19.2 Å². The van der Waals surface area contributed by atoms with Crippen molar-refractivity contribution in [1.29, 1.82) is 0 Å². The number of hydrogen-bond acceptors (Lipinski definition) is 3. The van der Waals surface area contributed by atoms with E-state index in [2.05, 4.69) is 22.2 Å². The maximum atomic E-state index is 4.55. The molecule has 1 aliphatic rings. The third-order valence-electron chi connectivity index (χ3n) is 2.66. The summed E-state index contributed by atoms with van der Waals surface area (Å²) in [5, 5.41) is 3.36. The standard InChI is InChI=1S/C12H19N3/c1-2-6-13-9-11-5-7-14-12(15-11)8-10-3-4-10/h5,7,10,13H,2-4,6,8-9H2,1H3. The van der Waals surface area contributed by atoms with Crippen molar-refractivity contribution in [2.24, 2.45) is 5.92 Å². The van der Waals surface area contributed by atoms with Crippen molar-refractivity contribution in [3.63, 3.8) is 0 Å². The molecule has 0 atom stereocenters. The molecule has 1 aromatic heterocycles. The van der Waals surface area contributed by atoms with Crippen LogP contribution < -0.4 is 5.32 Å². The molecule has 0 aliphatic heterocycles. The van der Waals surface area contributed by atoms with Crippen LogP contribution >= 0.6 is 0 Å². The van der Waals surface area contributed by atoms with Crippen LogP contribution in [0.5, 0.6) is 0 Å². The first kappa shape index (κ1) is 10.6. The lowest BCUT2D eigenvalue weighted by atomic mass is 10.2. The predicted octanol–water partition coefficient (Wildman–Crippen LogP) is 1.93. The maximum Gasteiger partial charge on any atom is 0.128 e. The highest BCUT2D eigenvalue weighted by molar-refractivity contribution is 5.03. The van der Waals surface area contributed by atoms with Crippen molar-refractivity contribution < 1.29 is 0 Å². The molecule has 0 bridgehead atoms. The monoisotopic (exact) mass is 205 g/mol. The summed E-state index contributed by atoms with van der Waals surface area (Å²) in [7, 11) is 0. The molecule has 1 saturated carbocycles. The molecule has 1 aliphatic carbocycles. The van der Waals surface area contributed by atoms with Gasteiger partial charge in [-0.3, -0.25) is 0 Å². The van der Waals surface area contributed by atoms with E-state index in [4.69, 9.17) is 0 Å². The fourth-order valence-electron chi connectivity index (χ4n) is 1.61. The van der Waals surface area contributed by atoms with E-state index < -0.39 is 0 Å². The van der Waals surface area contributed by atoms with E-state index >= 15 is 0 Å². The highest BCUT2D eigenvalue weighted by atomic mass is 14.9. The zero-order chi connectivity index (χ0) is 10.5. The third-order valence-corrected chi connectivity index (χ3v) is 2.66. The summed E-state index contributed by atoms with van der Waals surface area (Å²) in [6.07, 6.45) is 6.85. The Balaban J connectivity index is 1.86. The lowest BCUT2D eigenvalue weighted by Crippen LogP contribution is -2.15. The average molecular weight is 205 g/mol. The van der Waals surface area contributed by atoms with Gasteiger partial charge in [-0.1, -0.05) is 6.92 Å². The highest BCUT2D eigenvalue weighted by Crippen LogP contribution is 2.31. The second-order valence-electron chi connectivity index (χ2n) is 4.29. The molecule has 3 heteroatoms. The molecular weight excluding hydrogens is 186 g/mol. The van der Waals surface area contributed by atoms with Crippen molar-refractivity contribution in [1.82, 2.24) is 15.3 Å². The van der Waals surface area contributed by atoms with Crippen molar-refractivity contribution >= 4 is 0 Å². The van der Waals surface area contributed by atoms with Crippen LogP contribution in [0.3, 0.4) is 0 Å². The number of hydrogen-bond donors (Lipinski definition) is 1. The van der Waals surface area contributed by atoms with Crippen LogP contribution in [0.1, 0.15) is 37.7 Å². The molecule has 1 N–H and O–H groups in total. The van der Waals surface area contributed by atoms with Gasteiger partial charge in [0.1, 0.15) is 5.82 Å². The zero-order valence-corrected chi connectivity index (χ0v) is 9.37. The molecule has 1 aromatic rings. The average Bonchev–Trinajstić information content (AvgIpc) is 3.03. The van der Waals surface area contributed by atoms with Crippen LogP contribution in [-0.4, -0.2) is 16.5 Å². The van der Waals surface area contributed by atoms with E-state index in [1.807, 2.05) is 12.3 Å². The number of rotatable bonds is 6. The summed E-state index contributed by atoms with van der Waals surface area (Å²) < 4.78 is 0. The quantitative estimate of drug-likeness (QED) is 0.721. The minimum absolute atomic E-state index is 0.865. The van der Waals surface area contributed by atoms with Crippen molar-refractivity contribution in [2.75, 3.05) is 6.54 Å². The molecule has 0 saturated heterocycles. The number of nitrogens with zero attached hydrogens (tertiary/aromatic N) is 2. The molecule has 15 heavy (non-hydrogen) atoms. The Bertz CT molecular complexity index is 307. The first-order chi connectivity index (χ1) is 7.38. The number of aromatic nitrogens is 2. The molecule has 1 fully saturated rings. The Morgan fingerprint density at radius 2 is 2.33 bits per heavy atom. The van der Waals surface area contributed by atoms with Gasteiger partial charge in [-0.2, -0.15) is 0 Å². The summed E-state index contributed by atoms with van der Waals surface area (Å²) in [5.74, 6) is 1.89. The smallest absolute Gasteiger partial charge is 0.128 e. The lowest BCUT2D eigenvalue weighted by Gasteiger charge is -2.04. The van der Waals surface area contributed by atoms with Crippen LogP contribution in [-0.2, 0) is 13.0 Å². The maximum absolute atomic E-state index is 4.55. The van der Waals surface area contributed by atoms with Gasteiger partial charge in [-0.05, 0) is 37.8 Å². The van der Waals surface area contributed by atoms with E-state index in [1.165, 1.54) is 19.3 Å². The zero-order valence-electron chi connectivity index (χ0n) is 9.37. The van der Waals surface area contributed by atoms with Gasteiger partial charge in [0.25, 0.3) is 0 Å². The first-order valence-corrected chi connectivity index (χ1v) is 5.90. The molecule has 0 radical (unpaired) electrons. The summed E-state index contributed by atoms with van der Waals surface area (Å²) in [6.45, 7) is 4.10. The predicted molar refractivity (Wildman–Crippen MR) is 60.5 cm³/mol. The van der Waals surface area contributed by atoms with Gasteiger partial charge in [0.2, 0.25) is 0 Å².